The highest BCUT2D eigenvalue weighted by molar-refractivity contribution is 7.66. The largest absolute Gasteiger partial charge is 0.481 e. The zero-order valence-electron chi connectivity index (χ0n) is 21.0. The molecule has 0 bridgehead atoms. The monoisotopic (exact) mass is 482 g/mol. The lowest BCUT2D eigenvalue weighted by Gasteiger charge is -2.17. The van der Waals surface area contributed by atoms with Gasteiger partial charge in [-0.25, -0.2) is 8.42 Å². The first-order valence-electron chi connectivity index (χ1n) is 12.5. The number of ether oxygens (including phenoxy) is 1. The molecule has 0 amide bonds. The highest BCUT2D eigenvalue weighted by atomic mass is 32.2. The van der Waals surface area contributed by atoms with Crippen molar-refractivity contribution in [1.82, 2.24) is 0 Å². The van der Waals surface area contributed by atoms with E-state index in [9.17, 15) is 9.59 Å². The molecule has 0 aliphatic rings. The van der Waals surface area contributed by atoms with Crippen LogP contribution in [0.25, 0.3) is 0 Å². The zero-order chi connectivity index (χ0) is 25.0. The van der Waals surface area contributed by atoms with Crippen molar-refractivity contribution in [3.05, 3.63) is 0 Å². The number of aliphatic carboxylic acids is 1. The number of thiol groups is 1. The van der Waals surface area contributed by atoms with E-state index in [2.05, 4.69) is 13.8 Å². The minimum atomic E-state index is -3.12. The molecule has 0 aromatic carbocycles. The fourth-order valence-corrected chi connectivity index (χ4v) is 3.09. The molecule has 0 aromatic heterocycles. The van der Waals surface area contributed by atoms with Crippen molar-refractivity contribution in [3.63, 3.8) is 0 Å². The van der Waals surface area contributed by atoms with E-state index >= 15 is 0 Å². The van der Waals surface area contributed by atoms with Gasteiger partial charge in [0.2, 0.25) is 0 Å². The summed E-state index contributed by atoms with van der Waals surface area (Å²) in [5.41, 5.74) is 0. The standard InChI is InChI=1S/C20H40O2.C4H8O2.H2O3S/c1-4-7-9-11-12-14-17-19(16-13-10-8-5-2)18-22-20(21)15-6-3;1-2-3-4(5)6;1-4(2)3/h19H,4-18H2,1-3H3;2-3H2,1H3,(H,5,6);4H,(H,1,2,3). The number of hydrogen-bond donors (Lipinski definition) is 3. The third-order valence-corrected chi connectivity index (χ3v) is 4.83. The summed E-state index contributed by atoms with van der Waals surface area (Å²) in [4.78, 5) is 21.1. The van der Waals surface area contributed by atoms with Gasteiger partial charge in [-0.15, -0.1) is 0 Å². The fourth-order valence-electron chi connectivity index (χ4n) is 3.09. The van der Waals surface area contributed by atoms with E-state index < -0.39 is 17.0 Å². The number of carbonyl (C=O) groups is 2. The first-order chi connectivity index (χ1) is 15.2. The average Bonchev–Trinajstić information content (AvgIpc) is 2.71. The second-order valence-electron chi connectivity index (χ2n) is 8.09. The van der Waals surface area contributed by atoms with Crippen LogP contribution in [-0.2, 0) is 25.3 Å². The molecule has 0 aliphatic carbocycles. The summed E-state index contributed by atoms with van der Waals surface area (Å²) in [5, 5.41) is 7.91. The van der Waals surface area contributed by atoms with E-state index in [1.54, 1.807) is 0 Å². The summed E-state index contributed by atoms with van der Waals surface area (Å²) in [6, 6.07) is 0. The van der Waals surface area contributed by atoms with Gasteiger partial charge >= 0.3 is 11.9 Å². The Balaban J connectivity index is -0.000000696. The van der Waals surface area contributed by atoms with Crippen LogP contribution in [0.3, 0.4) is 0 Å². The molecule has 0 fully saturated rings. The Bertz CT molecular complexity index is 471. The molecule has 0 aliphatic heterocycles. The minimum Gasteiger partial charge on any atom is -0.481 e. The van der Waals surface area contributed by atoms with Gasteiger partial charge in [-0.3, -0.25) is 14.1 Å². The Kier molecular flexibility index (Phi) is 33.1. The van der Waals surface area contributed by atoms with E-state index in [-0.39, 0.29) is 5.97 Å². The number of carboxylic acids is 1. The van der Waals surface area contributed by atoms with Gasteiger partial charge in [0.25, 0.3) is 11.0 Å². The summed E-state index contributed by atoms with van der Waals surface area (Å²) in [6.07, 6.45) is 18.2. The molecule has 32 heavy (non-hydrogen) atoms. The van der Waals surface area contributed by atoms with Gasteiger partial charge in [0.1, 0.15) is 0 Å². The normalized spacial score (nSPS) is 11.1. The number of esters is 1. The number of rotatable bonds is 18. The van der Waals surface area contributed by atoms with Crippen molar-refractivity contribution < 1.29 is 32.4 Å². The van der Waals surface area contributed by atoms with Crippen molar-refractivity contribution in [1.29, 1.82) is 0 Å². The van der Waals surface area contributed by atoms with E-state index in [0.717, 1.165) is 12.8 Å². The molecular weight excluding hydrogens is 432 g/mol. The molecule has 2 N–H and O–H groups in total. The van der Waals surface area contributed by atoms with E-state index in [1.807, 2.05) is 13.8 Å². The Labute approximate surface area is 198 Å². The molecule has 0 spiro atoms. The summed E-state index contributed by atoms with van der Waals surface area (Å²) < 4.78 is 29.7. The van der Waals surface area contributed by atoms with Crippen LogP contribution in [0.4, 0.5) is 0 Å². The Hall–Kier alpha value is -1.15. The average molecular weight is 483 g/mol. The molecule has 0 radical (unpaired) electrons. The molecule has 1 unspecified atom stereocenters. The number of hydrogen-bond acceptors (Lipinski definition) is 5. The highest BCUT2D eigenvalue weighted by Gasteiger charge is 2.11. The molecule has 8 heteroatoms. The molecule has 0 heterocycles. The lowest BCUT2D eigenvalue weighted by Crippen LogP contribution is -2.14. The third-order valence-electron chi connectivity index (χ3n) is 4.83. The third kappa shape index (κ3) is 39.3. The smallest absolute Gasteiger partial charge is 0.305 e. The number of unbranched alkanes of at least 4 members (excludes halogenated alkanes) is 8. The molecule has 0 saturated heterocycles. The molecular formula is C24H50O7S. The fraction of sp³-hybridized carbons (Fsp3) is 0.917. The van der Waals surface area contributed by atoms with Gasteiger partial charge < -0.3 is 9.84 Å². The van der Waals surface area contributed by atoms with Gasteiger partial charge in [-0.1, -0.05) is 91.9 Å². The van der Waals surface area contributed by atoms with Crippen LogP contribution in [0.15, 0.2) is 0 Å². The van der Waals surface area contributed by atoms with Gasteiger partial charge in [-0.2, -0.15) is 0 Å². The van der Waals surface area contributed by atoms with Crippen molar-refractivity contribution in [2.75, 3.05) is 6.61 Å². The van der Waals surface area contributed by atoms with Crippen LogP contribution in [0.2, 0.25) is 0 Å². The second-order valence-corrected chi connectivity index (χ2v) is 8.56. The molecule has 0 rings (SSSR count). The maximum Gasteiger partial charge on any atom is 0.305 e. The van der Waals surface area contributed by atoms with Crippen molar-refractivity contribution >= 4 is 22.9 Å². The molecule has 194 valence electrons. The van der Waals surface area contributed by atoms with Gasteiger partial charge in [0.15, 0.2) is 0 Å². The van der Waals surface area contributed by atoms with Gasteiger partial charge in [-0.05, 0) is 31.6 Å². The predicted octanol–water partition coefficient (Wildman–Crippen LogP) is 6.61. The first-order valence-corrected chi connectivity index (χ1v) is 13.6. The summed E-state index contributed by atoms with van der Waals surface area (Å²) >= 11 is 0. The minimum absolute atomic E-state index is 0.0102. The van der Waals surface area contributed by atoms with Crippen LogP contribution in [0.5, 0.6) is 0 Å². The molecule has 1 atom stereocenters. The number of carbonyl (C=O) groups excluding carboxylic acids is 1. The van der Waals surface area contributed by atoms with Gasteiger partial charge in [0.05, 0.1) is 6.61 Å². The lowest BCUT2D eigenvalue weighted by atomic mass is 9.95. The Morgan fingerprint density at radius 1 is 0.719 bits per heavy atom. The highest BCUT2D eigenvalue weighted by Crippen LogP contribution is 2.19. The van der Waals surface area contributed by atoms with Crippen LogP contribution in [-0.4, -0.2) is 36.6 Å². The zero-order valence-corrected chi connectivity index (χ0v) is 21.9. The molecule has 0 saturated carbocycles. The van der Waals surface area contributed by atoms with E-state index in [0.29, 0.717) is 25.4 Å². The summed E-state index contributed by atoms with van der Waals surface area (Å²) in [7, 11) is -3.12. The van der Waals surface area contributed by atoms with Gasteiger partial charge in [0, 0.05) is 12.8 Å². The van der Waals surface area contributed by atoms with Crippen LogP contribution in [0, 0.1) is 5.92 Å². The number of carboxylic acid groups (broad SMARTS) is 1. The lowest BCUT2D eigenvalue weighted by molar-refractivity contribution is -0.145. The first kappa shape index (κ1) is 35.4. The van der Waals surface area contributed by atoms with E-state index in [4.69, 9.17) is 22.8 Å². The Morgan fingerprint density at radius 2 is 1.12 bits per heavy atom. The summed E-state index contributed by atoms with van der Waals surface area (Å²) in [5.74, 6) is -0.134. The van der Waals surface area contributed by atoms with E-state index in [1.165, 1.54) is 77.0 Å². The molecule has 0 aromatic rings. The maximum absolute atomic E-state index is 11.5. The topological polar surface area (TPSA) is 118 Å². The van der Waals surface area contributed by atoms with Crippen LogP contribution >= 0.6 is 0 Å². The summed E-state index contributed by atoms with van der Waals surface area (Å²) in [6.45, 7) is 9.03. The Morgan fingerprint density at radius 3 is 1.50 bits per heavy atom. The van der Waals surface area contributed by atoms with Crippen LogP contribution in [0.1, 0.15) is 130 Å². The molecule has 7 nitrogen and oxygen atoms in total. The second kappa shape index (κ2) is 29.9. The van der Waals surface area contributed by atoms with Crippen molar-refractivity contribution in [3.8, 4) is 0 Å². The SMILES string of the molecule is CCCC(=O)O.CCCCCCCCC(CCCCCC)COC(=O)CCC.O=[SH](=O)O. The van der Waals surface area contributed by atoms with Crippen molar-refractivity contribution in [2.24, 2.45) is 5.92 Å². The van der Waals surface area contributed by atoms with Crippen molar-refractivity contribution in [2.45, 2.75) is 130 Å². The maximum atomic E-state index is 11.5. The quantitative estimate of drug-likeness (QED) is 0.0870. The predicted molar refractivity (Wildman–Crippen MR) is 132 cm³/mol. The van der Waals surface area contributed by atoms with Crippen LogP contribution < -0.4 is 0 Å².